The maximum absolute atomic E-state index is 13.1. The molecule has 1 aliphatic heterocycles. The average molecular weight is 426 g/mol. The molecule has 0 saturated carbocycles. The summed E-state index contributed by atoms with van der Waals surface area (Å²) < 4.78 is 5.70. The molecule has 2 heterocycles. The van der Waals surface area contributed by atoms with Gasteiger partial charge >= 0.3 is 5.97 Å². The topological polar surface area (TPSA) is 75.3 Å². The summed E-state index contributed by atoms with van der Waals surface area (Å²) in [4.78, 5) is 26.5. The van der Waals surface area contributed by atoms with Crippen LogP contribution in [0.4, 0.5) is 5.69 Å². The predicted octanol–water partition coefficient (Wildman–Crippen LogP) is 4.02. The third-order valence-corrected chi connectivity index (χ3v) is 5.23. The number of amides is 1. The van der Waals surface area contributed by atoms with Crippen molar-refractivity contribution in [3.8, 4) is 0 Å². The van der Waals surface area contributed by atoms with E-state index in [2.05, 4.69) is 26.1 Å². The van der Waals surface area contributed by atoms with Gasteiger partial charge in [-0.3, -0.25) is 14.8 Å². The predicted molar refractivity (Wildman–Crippen MR) is 104 cm³/mol. The van der Waals surface area contributed by atoms with Crippen LogP contribution in [0.2, 0.25) is 0 Å². The zero-order chi connectivity index (χ0) is 19.1. The Morgan fingerprint density at radius 1 is 1.15 bits per heavy atom. The van der Waals surface area contributed by atoms with Crippen molar-refractivity contribution in [3.05, 3.63) is 81.1 Å². The molecule has 6 nitrogen and oxygen atoms in total. The van der Waals surface area contributed by atoms with Crippen molar-refractivity contribution < 1.29 is 14.3 Å². The summed E-state index contributed by atoms with van der Waals surface area (Å²) in [6.45, 7) is 1.90. The van der Waals surface area contributed by atoms with Crippen LogP contribution < -0.4 is 4.90 Å². The SMILES string of the molecule is COC(=O)c1ccc([C@@H]2c3c(n[nH]c3C)C(=O)N2c2ccc(Br)cc2)cc1. The summed E-state index contributed by atoms with van der Waals surface area (Å²) in [6, 6.07) is 14.4. The van der Waals surface area contributed by atoms with E-state index in [1.165, 1.54) is 7.11 Å². The zero-order valence-corrected chi connectivity index (χ0v) is 16.3. The van der Waals surface area contributed by atoms with Gasteiger partial charge in [-0.25, -0.2) is 4.79 Å². The van der Waals surface area contributed by atoms with E-state index in [4.69, 9.17) is 4.74 Å². The molecule has 0 unspecified atom stereocenters. The van der Waals surface area contributed by atoms with Crippen molar-refractivity contribution >= 4 is 33.5 Å². The molecule has 1 N–H and O–H groups in total. The van der Waals surface area contributed by atoms with Crippen LogP contribution in [0.5, 0.6) is 0 Å². The smallest absolute Gasteiger partial charge is 0.337 e. The molecule has 3 aromatic rings. The monoisotopic (exact) mass is 425 g/mol. The van der Waals surface area contributed by atoms with Gasteiger partial charge in [0.2, 0.25) is 0 Å². The number of nitrogens with zero attached hydrogens (tertiary/aromatic N) is 2. The van der Waals surface area contributed by atoms with E-state index in [0.717, 1.165) is 27.0 Å². The number of rotatable bonds is 3. The molecule has 0 fully saturated rings. The molecule has 0 spiro atoms. The quantitative estimate of drug-likeness (QED) is 0.643. The molecule has 1 aliphatic rings. The number of ether oxygens (including phenoxy) is 1. The molecule has 1 aromatic heterocycles. The second-order valence-electron chi connectivity index (χ2n) is 6.28. The second kappa shape index (κ2) is 6.66. The fraction of sp³-hybridized carbons (Fsp3) is 0.150. The summed E-state index contributed by atoms with van der Waals surface area (Å²) in [5.74, 6) is -0.548. The minimum Gasteiger partial charge on any atom is -0.465 e. The first-order valence-corrected chi connectivity index (χ1v) is 9.13. The van der Waals surface area contributed by atoms with Crippen molar-refractivity contribution in [2.24, 2.45) is 0 Å². The number of aromatic amines is 1. The third-order valence-electron chi connectivity index (χ3n) is 4.70. The number of anilines is 1. The summed E-state index contributed by atoms with van der Waals surface area (Å²) in [5, 5.41) is 7.12. The van der Waals surface area contributed by atoms with Gasteiger partial charge in [-0.05, 0) is 48.9 Å². The fourth-order valence-corrected chi connectivity index (χ4v) is 3.66. The second-order valence-corrected chi connectivity index (χ2v) is 7.19. The number of carbonyl (C=O) groups excluding carboxylic acids is 2. The minimum atomic E-state index is -0.394. The van der Waals surface area contributed by atoms with Gasteiger partial charge in [0, 0.05) is 21.4 Å². The average Bonchev–Trinajstić information content (AvgIpc) is 3.20. The Labute approximate surface area is 164 Å². The number of carbonyl (C=O) groups is 2. The largest absolute Gasteiger partial charge is 0.465 e. The molecule has 4 rings (SSSR count). The number of nitrogens with one attached hydrogen (secondary N) is 1. The molecular formula is C20H16BrN3O3. The van der Waals surface area contributed by atoms with E-state index in [9.17, 15) is 9.59 Å². The first kappa shape index (κ1) is 17.5. The number of esters is 1. The van der Waals surface area contributed by atoms with E-state index in [1.807, 2.05) is 43.3 Å². The molecule has 27 heavy (non-hydrogen) atoms. The van der Waals surface area contributed by atoms with Crippen LogP contribution in [0.3, 0.4) is 0 Å². The van der Waals surface area contributed by atoms with Crippen LogP contribution in [0.1, 0.15) is 43.7 Å². The lowest BCUT2D eigenvalue weighted by Gasteiger charge is -2.26. The van der Waals surface area contributed by atoms with Crippen molar-refractivity contribution in [2.45, 2.75) is 13.0 Å². The molecule has 0 radical (unpaired) electrons. The van der Waals surface area contributed by atoms with Crippen LogP contribution in [0.15, 0.2) is 53.0 Å². The minimum absolute atomic E-state index is 0.154. The normalized spacial score (nSPS) is 15.7. The van der Waals surface area contributed by atoms with Gasteiger partial charge in [0.25, 0.3) is 5.91 Å². The maximum Gasteiger partial charge on any atom is 0.337 e. The van der Waals surface area contributed by atoms with E-state index < -0.39 is 5.97 Å². The van der Waals surface area contributed by atoms with Crippen LogP contribution in [0, 0.1) is 6.92 Å². The number of hydrogen-bond donors (Lipinski definition) is 1. The van der Waals surface area contributed by atoms with Crippen molar-refractivity contribution in [2.75, 3.05) is 12.0 Å². The van der Waals surface area contributed by atoms with Gasteiger partial charge in [0.15, 0.2) is 5.69 Å². The number of benzene rings is 2. The molecule has 7 heteroatoms. The van der Waals surface area contributed by atoms with Gasteiger partial charge in [0.05, 0.1) is 18.7 Å². The van der Waals surface area contributed by atoms with E-state index >= 15 is 0 Å². The maximum atomic E-state index is 13.1. The highest BCUT2D eigenvalue weighted by Gasteiger charge is 2.42. The molecule has 136 valence electrons. The molecule has 0 saturated heterocycles. The number of fused-ring (bicyclic) bond motifs is 1. The Morgan fingerprint density at radius 2 is 1.81 bits per heavy atom. The lowest BCUT2D eigenvalue weighted by Crippen LogP contribution is -2.29. The highest BCUT2D eigenvalue weighted by Crippen LogP contribution is 2.42. The zero-order valence-electron chi connectivity index (χ0n) is 14.7. The highest BCUT2D eigenvalue weighted by atomic mass is 79.9. The Hall–Kier alpha value is -2.93. The van der Waals surface area contributed by atoms with E-state index in [-0.39, 0.29) is 11.9 Å². The fourth-order valence-electron chi connectivity index (χ4n) is 3.40. The molecule has 0 aliphatic carbocycles. The standard InChI is InChI=1S/C20H16BrN3O3/c1-11-16-17(23-22-11)19(25)24(15-9-7-14(21)8-10-15)18(16)12-3-5-13(6-4-12)20(26)27-2/h3-10,18H,1-2H3,(H,22,23)/t18-/m1/s1. The van der Waals surface area contributed by atoms with Crippen LogP contribution >= 0.6 is 15.9 Å². The van der Waals surface area contributed by atoms with Crippen LogP contribution in [-0.4, -0.2) is 29.2 Å². The Kier molecular flexibility index (Phi) is 4.31. The Bertz CT molecular complexity index is 1030. The summed E-state index contributed by atoms with van der Waals surface area (Å²) in [5.41, 5.74) is 4.26. The number of halogens is 1. The Balaban J connectivity index is 1.83. The molecule has 1 amide bonds. The van der Waals surface area contributed by atoms with Gasteiger partial charge < -0.3 is 4.74 Å². The first-order chi connectivity index (χ1) is 13.0. The number of aryl methyl sites for hydroxylation is 1. The number of hydrogen-bond acceptors (Lipinski definition) is 4. The van der Waals surface area contributed by atoms with Crippen molar-refractivity contribution in [3.63, 3.8) is 0 Å². The van der Waals surface area contributed by atoms with E-state index in [1.54, 1.807) is 17.0 Å². The van der Waals surface area contributed by atoms with Gasteiger partial charge in [-0.2, -0.15) is 5.10 Å². The number of H-pyrrole nitrogens is 1. The summed E-state index contributed by atoms with van der Waals surface area (Å²) in [7, 11) is 1.35. The lowest BCUT2D eigenvalue weighted by molar-refractivity contribution is 0.0600. The molecular weight excluding hydrogens is 410 g/mol. The van der Waals surface area contributed by atoms with Crippen molar-refractivity contribution in [1.82, 2.24) is 10.2 Å². The van der Waals surface area contributed by atoms with Gasteiger partial charge in [0.1, 0.15) is 0 Å². The van der Waals surface area contributed by atoms with E-state index in [0.29, 0.717) is 11.3 Å². The van der Waals surface area contributed by atoms with Crippen LogP contribution in [0.25, 0.3) is 0 Å². The van der Waals surface area contributed by atoms with Crippen molar-refractivity contribution in [1.29, 1.82) is 0 Å². The molecule has 1 atom stereocenters. The molecule has 2 aromatic carbocycles. The molecule has 0 bridgehead atoms. The van der Waals surface area contributed by atoms with Crippen LogP contribution in [-0.2, 0) is 4.74 Å². The lowest BCUT2D eigenvalue weighted by atomic mass is 9.98. The third kappa shape index (κ3) is 2.84. The number of methoxy groups -OCH3 is 1. The number of aromatic nitrogens is 2. The first-order valence-electron chi connectivity index (χ1n) is 8.33. The highest BCUT2D eigenvalue weighted by molar-refractivity contribution is 9.10. The van der Waals surface area contributed by atoms with Gasteiger partial charge in [-0.1, -0.05) is 28.1 Å². The summed E-state index contributed by atoms with van der Waals surface area (Å²) >= 11 is 3.43. The summed E-state index contributed by atoms with van der Waals surface area (Å²) in [6.07, 6.45) is 0. The van der Waals surface area contributed by atoms with Gasteiger partial charge in [-0.15, -0.1) is 0 Å². The Morgan fingerprint density at radius 3 is 2.44 bits per heavy atom.